The first-order chi connectivity index (χ1) is 10.7. The fourth-order valence-corrected chi connectivity index (χ4v) is 2.50. The van der Waals surface area contributed by atoms with E-state index < -0.39 is 0 Å². The lowest BCUT2D eigenvalue weighted by Gasteiger charge is -2.19. The van der Waals surface area contributed by atoms with E-state index in [0.29, 0.717) is 25.4 Å². The summed E-state index contributed by atoms with van der Waals surface area (Å²) in [6.45, 7) is 3.10. The Balaban J connectivity index is 1.62. The van der Waals surface area contributed by atoms with Crippen molar-refractivity contribution in [2.45, 2.75) is 19.4 Å². The monoisotopic (exact) mass is 297 g/mol. The second kappa shape index (κ2) is 6.52. The fourth-order valence-electron chi connectivity index (χ4n) is 2.50. The van der Waals surface area contributed by atoms with Gasteiger partial charge < -0.3 is 14.8 Å². The van der Waals surface area contributed by atoms with Gasteiger partial charge >= 0.3 is 0 Å². The normalized spacial score (nSPS) is 14.2. The van der Waals surface area contributed by atoms with Gasteiger partial charge in [0, 0.05) is 0 Å². The van der Waals surface area contributed by atoms with Crippen LogP contribution in [-0.2, 0) is 11.2 Å². The molecule has 114 valence electrons. The summed E-state index contributed by atoms with van der Waals surface area (Å²) in [6.07, 6.45) is 0.327. The van der Waals surface area contributed by atoms with Crippen molar-refractivity contribution in [3.63, 3.8) is 0 Å². The molecule has 0 saturated carbocycles. The number of carbonyl (C=O) groups excluding carboxylic acids is 1. The van der Waals surface area contributed by atoms with E-state index >= 15 is 0 Å². The molecule has 0 spiro atoms. The van der Waals surface area contributed by atoms with E-state index in [1.807, 2.05) is 55.5 Å². The molecule has 0 saturated heterocycles. The summed E-state index contributed by atoms with van der Waals surface area (Å²) in [7, 11) is 0. The lowest BCUT2D eigenvalue weighted by Crippen LogP contribution is -2.28. The highest BCUT2D eigenvalue weighted by Crippen LogP contribution is 2.30. The van der Waals surface area contributed by atoms with Crippen molar-refractivity contribution >= 4 is 5.91 Å². The molecule has 2 aromatic carbocycles. The van der Waals surface area contributed by atoms with E-state index in [9.17, 15) is 4.79 Å². The van der Waals surface area contributed by atoms with Crippen LogP contribution in [-0.4, -0.2) is 19.1 Å². The topological polar surface area (TPSA) is 47.6 Å². The van der Waals surface area contributed by atoms with E-state index in [-0.39, 0.29) is 11.9 Å². The van der Waals surface area contributed by atoms with Gasteiger partial charge in [-0.1, -0.05) is 36.4 Å². The van der Waals surface area contributed by atoms with E-state index in [2.05, 4.69) is 5.32 Å². The number of benzene rings is 2. The first-order valence-electron chi connectivity index (χ1n) is 7.45. The van der Waals surface area contributed by atoms with Gasteiger partial charge in [0.2, 0.25) is 5.91 Å². The molecule has 22 heavy (non-hydrogen) atoms. The van der Waals surface area contributed by atoms with Crippen molar-refractivity contribution in [3.8, 4) is 11.5 Å². The Bertz CT molecular complexity index is 655. The van der Waals surface area contributed by atoms with Crippen LogP contribution in [0.1, 0.15) is 24.1 Å². The summed E-state index contributed by atoms with van der Waals surface area (Å²) >= 11 is 0. The van der Waals surface area contributed by atoms with Gasteiger partial charge in [-0.25, -0.2) is 0 Å². The van der Waals surface area contributed by atoms with Crippen LogP contribution in [0.3, 0.4) is 0 Å². The van der Waals surface area contributed by atoms with Crippen LogP contribution in [0.5, 0.6) is 11.5 Å². The molecule has 0 aliphatic carbocycles. The molecule has 1 atom stereocenters. The molecule has 1 N–H and O–H groups in total. The number of amides is 1. The van der Waals surface area contributed by atoms with Crippen molar-refractivity contribution in [2.24, 2.45) is 0 Å². The van der Waals surface area contributed by atoms with E-state index in [1.54, 1.807) is 0 Å². The van der Waals surface area contributed by atoms with Crippen molar-refractivity contribution in [2.75, 3.05) is 13.2 Å². The van der Waals surface area contributed by atoms with Crippen LogP contribution in [0.4, 0.5) is 0 Å². The van der Waals surface area contributed by atoms with Gasteiger partial charge in [-0.3, -0.25) is 4.79 Å². The third-order valence-electron chi connectivity index (χ3n) is 3.65. The number of hydrogen-bond acceptors (Lipinski definition) is 3. The zero-order valence-electron chi connectivity index (χ0n) is 12.5. The Hall–Kier alpha value is -2.49. The van der Waals surface area contributed by atoms with E-state index in [0.717, 1.165) is 16.9 Å². The van der Waals surface area contributed by atoms with Crippen LogP contribution in [0.2, 0.25) is 0 Å². The summed E-state index contributed by atoms with van der Waals surface area (Å²) in [5.41, 5.74) is 2.01. The highest BCUT2D eigenvalue weighted by molar-refractivity contribution is 5.79. The summed E-state index contributed by atoms with van der Waals surface area (Å²) in [5.74, 6) is 1.45. The molecular weight excluding hydrogens is 278 g/mol. The minimum atomic E-state index is -0.00842. The third-order valence-corrected chi connectivity index (χ3v) is 3.65. The van der Waals surface area contributed by atoms with Crippen molar-refractivity contribution in [1.82, 2.24) is 5.32 Å². The Morgan fingerprint density at radius 3 is 2.59 bits per heavy atom. The Morgan fingerprint density at radius 1 is 1.09 bits per heavy atom. The molecule has 1 amide bonds. The fraction of sp³-hybridized carbons (Fsp3) is 0.278. The highest BCUT2D eigenvalue weighted by Gasteiger charge is 2.14. The molecule has 0 radical (unpaired) electrons. The first kappa shape index (κ1) is 14.4. The summed E-state index contributed by atoms with van der Waals surface area (Å²) in [5, 5.41) is 3.01. The first-order valence-corrected chi connectivity index (χ1v) is 7.45. The average molecular weight is 297 g/mol. The minimum Gasteiger partial charge on any atom is -0.486 e. The summed E-state index contributed by atoms with van der Waals surface area (Å²) in [4.78, 5) is 12.2. The van der Waals surface area contributed by atoms with E-state index in [1.165, 1.54) is 0 Å². The van der Waals surface area contributed by atoms with Gasteiger partial charge in [0.25, 0.3) is 0 Å². The molecule has 0 bridgehead atoms. The van der Waals surface area contributed by atoms with Gasteiger partial charge in [-0.05, 0) is 30.2 Å². The number of ether oxygens (including phenoxy) is 2. The summed E-state index contributed by atoms with van der Waals surface area (Å²) < 4.78 is 11.0. The molecule has 1 aliphatic heterocycles. The molecule has 0 aromatic heterocycles. The molecule has 3 rings (SSSR count). The maximum atomic E-state index is 12.2. The Morgan fingerprint density at radius 2 is 1.82 bits per heavy atom. The number of fused-ring (bicyclic) bond motifs is 1. The van der Waals surface area contributed by atoms with Crippen LogP contribution < -0.4 is 14.8 Å². The maximum Gasteiger partial charge on any atom is 0.224 e. The maximum absolute atomic E-state index is 12.2. The zero-order valence-corrected chi connectivity index (χ0v) is 12.5. The summed E-state index contributed by atoms with van der Waals surface area (Å²) in [6, 6.07) is 15.6. The lowest BCUT2D eigenvalue weighted by atomic mass is 10.1. The molecule has 4 nitrogen and oxygen atoms in total. The van der Waals surface area contributed by atoms with Gasteiger partial charge in [0.1, 0.15) is 13.2 Å². The number of carbonyl (C=O) groups is 1. The number of rotatable bonds is 4. The molecule has 4 heteroatoms. The Labute approximate surface area is 130 Å². The predicted octanol–water partition coefficient (Wildman–Crippen LogP) is 2.88. The third kappa shape index (κ3) is 3.39. The Kier molecular flexibility index (Phi) is 4.28. The second-order valence-corrected chi connectivity index (χ2v) is 5.35. The van der Waals surface area contributed by atoms with Gasteiger partial charge in [-0.15, -0.1) is 0 Å². The highest BCUT2D eigenvalue weighted by atomic mass is 16.6. The molecule has 2 aromatic rings. The number of hydrogen-bond donors (Lipinski definition) is 1. The van der Waals surface area contributed by atoms with Crippen molar-refractivity contribution in [1.29, 1.82) is 0 Å². The van der Waals surface area contributed by atoms with Crippen molar-refractivity contribution in [3.05, 3.63) is 59.7 Å². The molecule has 0 fully saturated rings. The van der Waals surface area contributed by atoms with E-state index in [4.69, 9.17) is 9.47 Å². The predicted molar refractivity (Wildman–Crippen MR) is 84.1 cm³/mol. The molecule has 1 aliphatic rings. The number of nitrogens with one attached hydrogen (secondary N) is 1. The lowest BCUT2D eigenvalue weighted by molar-refractivity contribution is -0.121. The van der Waals surface area contributed by atoms with Crippen LogP contribution in [0, 0.1) is 0 Å². The van der Waals surface area contributed by atoms with Gasteiger partial charge in [0.05, 0.1) is 12.5 Å². The molecule has 0 unspecified atom stereocenters. The average Bonchev–Trinajstić information content (AvgIpc) is 2.55. The van der Waals surface area contributed by atoms with Crippen LogP contribution in [0.15, 0.2) is 48.5 Å². The van der Waals surface area contributed by atoms with Crippen LogP contribution in [0.25, 0.3) is 0 Å². The van der Waals surface area contributed by atoms with Gasteiger partial charge in [-0.2, -0.15) is 0 Å². The quantitative estimate of drug-likeness (QED) is 0.944. The second-order valence-electron chi connectivity index (χ2n) is 5.35. The smallest absolute Gasteiger partial charge is 0.224 e. The van der Waals surface area contributed by atoms with Crippen LogP contribution >= 0.6 is 0 Å². The van der Waals surface area contributed by atoms with Gasteiger partial charge in [0.15, 0.2) is 11.5 Å². The largest absolute Gasteiger partial charge is 0.486 e. The molecular formula is C18H19NO3. The minimum absolute atomic E-state index is 0.00645. The van der Waals surface area contributed by atoms with Crippen molar-refractivity contribution < 1.29 is 14.3 Å². The molecule has 1 heterocycles. The SMILES string of the molecule is C[C@@H](NC(=O)Cc1ccc2c(c1)OCCO2)c1ccccc1. The zero-order chi connectivity index (χ0) is 15.4. The standard InChI is InChI=1S/C18H19NO3/c1-13(15-5-3-2-4-6-15)19-18(20)12-14-7-8-16-17(11-14)22-10-9-21-16/h2-8,11,13H,9-10,12H2,1H3,(H,19,20)/t13-/m1/s1.